The maximum atomic E-state index is 12.6. The second kappa shape index (κ2) is 5.69. The van der Waals surface area contributed by atoms with Gasteiger partial charge >= 0.3 is 0 Å². The fourth-order valence-electron chi connectivity index (χ4n) is 4.67. The Labute approximate surface area is 132 Å². The van der Waals surface area contributed by atoms with Gasteiger partial charge in [-0.25, -0.2) is 0 Å². The summed E-state index contributed by atoms with van der Waals surface area (Å²) in [5.74, 6) is 0.448. The number of ether oxygens (including phenoxy) is 1. The van der Waals surface area contributed by atoms with Gasteiger partial charge in [0.25, 0.3) is 0 Å². The van der Waals surface area contributed by atoms with Crippen molar-refractivity contribution >= 4 is 5.91 Å². The van der Waals surface area contributed by atoms with Crippen LogP contribution >= 0.6 is 0 Å². The van der Waals surface area contributed by atoms with Crippen molar-refractivity contribution in [3.05, 3.63) is 35.4 Å². The van der Waals surface area contributed by atoms with Crippen molar-refractivity contribution < 1.29 is 9.53 Å². The first-order valence-electron chi connectivity index (χ1n) is 8.73. The topological polar surface area (TPSA) is 29.5 Å². The lowest BCUT2D eigenvalue weighted by atomic mass is 9.65. The second-order valence-electron chi connectivity index (χ2n) is 7.18. The second-order valence-corrected chi connectivity index (χ2v) is 7.18. The predicted molar refractivity (Wildman–Crippen MR) is 85.8 cm³/mol. The Balaban J connectivity index is 1.49. The predicted octanol–water partition coefficient (Wildman–Crippen LogP) is 2.92. The molecule has 4 rings (SSSR count). The Morgan fingerprint density at radius 2 is 2.00 bits per heavy atom. The SMILES string of the molecule is O=C(C1CCOC1)N1CCC2(CCCc3ccccc32)CC1. The Morgan fingerprint density at radius 1 is 1.18 bits per heavy atom. The molecule has 0 saturated carbocycles. The molecule has 0 bridgehead atoms. The molecule has 0 N–H and O–H groups in total. The molecule has 2 heterocycles. The number of hydrogen-bond acceptors (Lipinski definition) is 2. The van der Waals surface area contributed by atoms with Crippen molar-refractivity contribution in [2.45, 2.75) is 43.9 Å². The third-order valence-electron chi connectivity index (χ3n) is 6.00. The average molecular weight is 299 g/mol. The van der Waals surface area contributed by atoms with Crippen LogP contribution in [0.15, 0.2) is 24.3 Å². The zero-order valence-corrected chi connectivity index (χ0v) is 13.2. The van der Waals surface area contributed by atoms with E-state index in [1.54, 1.807) is 5.56 Å². The van der Waals surface area contributed by atoms with Crippen LogP contribution in [0.4, 0.5) is 0 Å². The number of aryl methyl sites for hydroxylation is 1. The maximum absolute atomic E-state index is 12.6. The Bertz CT molecular complexity index is 554. The van der Waals surface area contributed by atoms with Crippen LogP contribution in [0, 0.1) is 5.92 Å². The van der Waals surface area contributed by atoms with E-state index in [9.17, 15) is 4.79 Å². The van der Waals surface area contributed by atoms with Crippen LogP contribution in [-0.4, -0.2) is 37.1 Å². The van der Waals surface area contributed by atoms with Crippen molar-refractivity contribution in [2.24, 2.45) is 5.92 Å². The molecule has 3 nitrogen and oxygen atoms in total. The van der Waals surface area contributed by atoms with Crippen LogP contribution in [-0.2, 0) is 21.4 Å². The van der Waals surface area contributed by atoms with Crippen LogP contribution < -0.4 is 0 Å². The fourth-order valence-corrected chi connectivity index (χ4v) is 4.67. The summed E-state index contributed by atoms with van der Waals surface area (Å²) in [5, 5.41) is 0. The summed E-state index contributed by atoms with van der Waals surface area (Å²) < 4.78 is 5.38. The van der Waals surface area contributed by atoms with Crippen LogP contribution in [0.3, 0.4) is 0 Å². The minimum absolute atomic E-state index is 0.118. The molecule has 3 aliphatic rings. The minimum atomic E-state index is 0.118. The molecule has 1 amide bonds. The summed E-state index contributed by atoms with van der Waals surface area (Å²) in [6, 6.07) is 8.97. The van der Waals surface area contributed by atoms with E-state index in [0.717, 1.165) is 39.0 Å². The number of rotatable bonds is 1. The first-order chi connectivity index (χ1) is 10.8. The summed E-state index contributed by atoms with van der Waals surface area (Å²) in [5.41, 5.74) is 3.44. The van der Waals surface area contributed by atoms with Crippen LogP contribution in [0.1, 0.15) is 43.2 Å². The molecule has 0 radical (unpaired) electrons. The molecule has 1 aromatic carbocycles. The molecule has 118 valence electrons. The third kappa shape index (κ3) is 2.36. The van der Waals surface area contributed by atoms with Gasteiger partial charge in [-0.05, 0) is 55.1 Å². The van der Waals surface area contributed by atoms with E-state index < -0.39 is 0 Å². The number of fused-ring (bicyclic) bond motifs is 2. The largest absolute Gasteiger partial charge is 0.381 e. The van der Waals surface area contributed by atoms with Crippen molar-refractivity contribution in [1.82, 2.24) is 4.90 Å². The summed E-state index contributed by atoms with van der Waals surface area (Å²) >= 11 is 0. The van der Waals surface area contributed by atoms with Gasteiger partial charge in [0.15, 0.2) is 0 Å². The normalized spacial score (nSPS) is 26.9. The van der Waals surface area contributed by atoms with Gasteiger partial charge in [-0.15, -0.1) is 0 Å². The summed E-state index contributed by atoms with van der Waals surface area (Å²) in [7, 11) is 0. The van der Waals surface area contributed by atoms with Crippen molar-refractivity contribution in [3.63, 3.8) is 0 Å². The summed E-state index contributed by atoms with van der Waals surface area (Å²) in [6.07, 6.45) is 6.97. The molecule has 0 aromatic heterocycles. The van der Waals surface area contributed by atoms with Gasteiger partial charge in [-0.3, -0.25) is 4.79 Å². The molecule has 3 heteroatoms. The molecule has 1 spiro atoms. The number of likely N-dealkylation sites (tertiary alicyclic amines) is 1. The molecule has 22 heavy (non-hydrogen) atoms. The van der Waals surface area contributed by atoms with Crippen molar-refractivity contribution in [3.8, 4) is 0 Å². The van der Waals surface area contributed by atoms with Crippen molar-refractivity contribution in [1.29, 1.82) is 0 Å². The molecule has 1 atom stereocenters. The van der Waals surface area contributed by atoms with E-state index in [1.165, 1.54) is 24.8 Å². The van der Waals surface area contributed by atoms with E-state index in [1.807, 2.05) is 0 Å². The zero-order chi connectivity index (χ0) is 15.0. The molecular formula is C19H25NO2. The monoisotopic (exact) mass is 299 g/mol. The average Bonchev–Trinajstić information content (AvgIpc) is 3.10. The van der Waals surface area contributed by atoms with E-state index in [4.69, 9.17) is 4.74 Å². The van der Waals surface area contributed by atoms with Crippen LogP contribution in [0.25, 0.3) is 0 Å². The Hall–Kier alpha value is -1.35. The van der Waals surface area contributed by atoms with Gasteiger partial charge in [0, 0.05) is 19.7 Å². The summed E-state index contributed by atoms with van der Waals surface area (Å²) in [6.45, 7) is 3.22. The van der Waals surface area contributed by atoms with Gasteiger partial charge in [0.1, 0.15) is 0 Å². The highest BCUT2D eigenvalue weighted by molar-refractivity contribution is 5.79. The number of carbonyl (C=O) groups excluding carboxylic acids is 1. The van der Waals surface area contributed by atoms with Crippen LogP contribution in [0.2, 0.25) is 0 Å². The Kier molecular flexibility index (Phi) is 3.69. The molecule has 1 unspecified atom stereocenters. The van der Waals surface area contributed by atoms with E-state index in [0.29, 0.717) is 17.9 Å². The van der Waals surface area contributed by atoms with E-state index in [-0.39, 0.29) is 5.92 Å². The van der Waals surface area contributed by atoms with Gasteiger partial charge in [0.05, 0.1) is 12.5 Å². The smallest absolute Gasteiger partial charge is 0.228 e. The first-order valence-corrected chi connectivity index (χ1v) is 8.73. The lowest BCUT2D eigenvalue weighted by Crippen LogP contribution is -2.48. The number of hydrogen-bond donors (Lipinski definition) is 0. The number of carbonyl (C=O) groups is 1. The quantitative estimate of drug-likeness (QED) is 0.798. The molecule has 2 saturated heterocycles. The minimum Gasteiger partial charge on any atom is -0.381 e. The highest BCUT2D eigenvalue weighted by atomic mass is 16.5. The maximum Gasteiger partial charge on any atom is 0.228 e. The van der Waals surface area contributed by atoms with E-state index >= 15 is 0 Å². The third-order valence-corrected chi connectivity index (χ3v) is 6.00. The molecule has 2 aliphatic heterocycles. The molecule has 2 fully saturated rings. The molecular weight excluding hydrogens is 274 g/mol. The lowest BCUT2D eigenvalue weighted by Gasteiger charge is -2.46. The lowest BCUT2D eigenvalue weighted by molar-refractivity contribution is -0.137. The Morgan fingerprint density at radius 3 is 2.77 bits per heavy atom. The highest BCUT2D eigenvalue weighted by Gasteiger charge is 2.41. The number of nitrogens with zero attached hydrogens (tertiary/aromatic N) is 1. The fraction of sp³-hybridized carbons (Fsp3) is 0.632. The number of amides is 1. The van der Waals surface area contributed by atoms with Crippen molar-refractivity contribution in [2.75, 3.05) is 26.3 Å². The zero-order valence-electron chi connectivity index (χ0n) is 13.2. The highest BCUT2D eigenvalue weighted by Crippen LogP contribution is 2.44. The van der Waals surface area contributed by atoms with Gasteiger partial charge < -0.3 is 9.64 Å². The molecule has 1 aromatic rings. The first kappa shape index (κ1) is 14.3. The number of piperidine rings is 1. The van der Waals surface area contributed by atoms with Crippen LogP contribution in [0.5, 0.6) is 0 Å². The van der Waals surface area contributed by atoms with E-state index in [2.05, 4.69) is 29.2 Å². The summed E-state index contributed by atoms with van der Waals surface area (Å²) in [4.78, 5) is 14.7. The molecule has 1 aliphatic carbocycles. The van der Waals surface area contributed by atoms with Gasteiger partial charge in [-0.2, -0.15) is 0 Å². The van der Waals surface area contributed by atoms with Gasteiger partial charge in [-0.1, -0.05) is 24.3 Å². The van der Waals surface area contributed by atoms with Gasteiger partial charge in [0.2, 0.25) is 5.91 Å². The standard InChI is InChI=1S/C19H25NO2/c21-18(16-7-13-22-14-16)20-11-9-19(10-12-20)8-3-5-15-4-1-2-6-17(15)19/h1-2,4,6,16H,3,5,7-14H2. The number of benzene rings is 1.